The van der Waals surface area contributed by atoms with Gasteiger partial charge in [-0.2, -0.15) is 0 Å². The Bertz CT molecular complexity index is 1140. The molecule has 0 spiro atoms. The van der Waals surface area contributed by atoms with Crippen LogP contribution in [0.5, 0.6) is 5.75 Å². The lowest BCUT2D eigenvalue weighted by atomic mass is 9.89. The lowest BCUT2D eigenvalue weighted by molar-refractivity contribution is -0.137. The predicted molar refractivity (Wildman–Crippen MR) is 129 cm³/mol. The molecule has 180 valence electrons. The minimum absolute atomic E-state index is 0.0173. The van der Waals surface area contributed by atoms with Crippen LogP contribution in [0, 0.1) is 0 Å². The van der Waals surface area contributed by atoms with Gasteiger partial charge in [0.15, 0.2) is 0 Å². The molecule has 0 saturated carbocycles. The molecule has 9 heteroatoms. The number of carboxylic acid groups (broad SMARTS) is 1. The fraction of sp³-hybridized carbons (Fsp3) is 0.440. The molecule has 1 aromatic carbocycles. The van der Waals surface area contributed by atoms with E-state index in [0.29, 0.717) is 31.0 Å². The Morgan fingerprint density at radius 1 is 1.35 bits per heavy atom. The maximum absolute atomic E-state index is 11.6. The number of fused-ring (bicyclic) bond motifs is 1. The molecule has 1 aliphatic rings. The van der Waals surface area contributed by atoms with Crippen LogP contribution < -0.4 is 4.74 Å². The van der Waals surface area contributed by atoms with Crippen molar-refractivity contribution in [2.45, 2.75) is 64.8 Å². The van der Waals surface area contributed by atoms with E-state index in [4.69, 9.17) is 16.3 Å². The quantitative estimate of drug-likeness (QED) is 0.484. The van der Waals surface area contributed by atoms with Crippen LogP contribution in [0.2, 0.25) is 5.02 Å². The number of hydrogen-bond acceptors (Lipinski definition) is 6. The molecule has 2 aromatic heterocycles. The first kappa shape index (κ1) is 24.2. The summed E-state index contributed by atoms with van der Waals surface area (Å²) in [5.41, 5.74) is 3.72. The van der Waals surface area contributed by atoms with E-state index in [1.165, 1.54) is 0 Å². The van der Waals surface area contributed by atoms with Gasteiger partial charge in [0, 0.05) is 43.6 Å². The van der Waals surface area contributed by atoms with Gasteiger partial charge in [0.2, 0.25) is 0 Å². The van der Waals surface area contributed by atoms with Crippen LogP contribution in [0.15, 0.2) is 42.7 Å². The van der Waals surface area contributed by atoms with Crippen molar-refractivity contribution in [1.29, 1.82) is 0 Å². The largest absolute Gasteiger partial charge is 0.487 e. The molecule has 8 nitrogen and oxygen atoms in total. The summed E-state index contributed by atoms with van der Waals surface area (Å²) in [6.07, 6.45) is 5.10. The van der Waals surface area contributed by atoms with E-state index < -0.39 is 5.97 Å². The molecule has 1 unspecified atom stereocenters. The maximum Gasteiger partial charge on any atom is 0.303 e. The standard InChI is InChI=1S/C25H30ClN5O3/c1-3-31-15-21(28-29-31)8-6-19(12-25(32)33)18-7-9-22(26)20(11-18)14-30-13-17(2)34-24-5-4-10-27-23(24)16-30/h4-5,7,9-11,15,17,19H,3,6,8,12-14,16H2,1-2H3,(H,32,33)/t17-,19?/m1/s1. The summed E-state index contributed by atoms with van der Waals surface area (Å²) in [5.74, 6) is -0.146. The van der Waals surface area contributed by atoms with Gasteiger partial charge in [0.05, 0.1) is 17.8 Å². The van der Waals surface area contributed by atoms with Gasteiger partial charge in [0.1, 0.15) is 11.9 Å². The number of ether oxygens (including phenoxy) is 1. The fourth-order valence-electron chi connectivity index (χ4n) is 4.40. The van der Waals surface area contributed by atoms with Crippen LogP contribution in [-0.2, 0) is 30.8 Å². The van der Waals surface area contributed by atoms with Gasteiger partial charge in [-0.15, -0.1) is 5.10 Å². The second-order valence-corrected chi connectivity index (χ2v) is 9.20. The molecular weight excluding hydrogens is 454 g/mol. The second kappa shape index (κ2) is 11.0. The molecule has 3 heterocycles. The Morgan fingerprint density at radius 2 is 2.21 bits per heavy atom. The highest BCUT2D eigenvalue weighted by atomic mass is 35.5. The molecule has 0 bridgehead atoms. The predicted octanol–water partition coefficient (Wildman–Crippen LogP) is 4.32. The topological polar surface area (TPSA) is 93.4 Å². The molecule has 34 heavy (non-hydrogen) atoms. The summed E-state index contributed by atoms with van der Waals surface area (Å²) in [4.78, 5) is 18.4. The van der Waals surface area contributed by atoms with Crippen LogP contribution in [0.25, 0.3) is 0 Å². The number of aliphatic carboxylic acids is 1. The van der Waals surface area contributed by atoms with Crippen LogP contribution in [0.1, 0.15) is 55.1 Å². The van der Waals surface area contributed by atoms with Gasteiger partial charge in [-0.05, 0) is 61.9 Å². The number of carboxylic acids is 1. The molecule has 0 aliphatic carbocycles. The number of aromatic nitrogens is 4. The Labute approximate surface area is 204 Å². The van der Waals surface area contributed by atoms with E-state index in [1.807, 2.05) is 44.3 Å². The monoisotopic (exact) mass is 483 g/mol. The van der Waals surface area contributed by atoms with E-state index >= 15 is 0 Å². The number of nitrogens with zero attached hydrogens (tertiary/aromatic N) is 5. The number of carbonyl (C=O) groups is 1. The van der Waals surface area contributed by atoms with E-state index in [0.717, 1.165) is 41.4 Å². The number of benzene rings is 1. The number of aryl methyl sites for hydroxylation is 2. The average molecular weight is 484 g/mol. The first-order valence-electron chi connectivity index (χ1n) is 11.6. The van der Waals surface area contributed by atoms with Crippen LogP contribution in [0.4, 0.5) is 0 Å². The summed E-state index contributed by atoms with van der Waals surface area (Å²) in [6.45, 7) is 6.83. The molecule has 3 aromatic rings. The Balaban J connectivity index is 1.52. The second-order valence-electron chi connectivity index (χ2n) is 8.80. The molecule has 0 amide bonds. The third-order valence-corrected chi connectivity index (χ3v) is 6.45. The van der Waals surface area contributed by atoms with Crippen molar-refractivity contribution in [3.63, 3.8) is 0 Å². The van der Waals surface area contributed by atoms with Gasteiger partial charge in [0.25, 0.3) is 0 Å². The molecule has 0 fully saturated rings. The lowest BCUT2D eigenvalue weighted by Crippen LogP contribution is -2.30. The third-order valence-electron chi connectivity index (χ3n) is 6.08. The number of rotatable bonds is 9. The minimum Gasteiger partial charge on any atom is -0.487 e. The maximum atomic E-state index is 11.6. The zero-order chi connectivity index (χ0) is 24.1. The fourth-order valence-corrected chi connectivity index (χ4v) is 4.58. The van der Waals surface area contributed by atoms with E-state index in [2.05, 4.69) is 26.3 Å². The summed E-state index contributed by atoms with van der Waals surface area (Å²) in [5, 5.41) is 18.5. The zero-order valence-corrected chi connectivity index (χ0v) is 20.3. The van der Waals surface area contributed by atoms with E-state index in [9.17, 15) is 9.90 Å². The first-order chi connectivity index (χ1) is 16.4. The van der Waals surface area contributed by atoms with Crippen LogP contribution in [-0.4, -0.2) is 48.6 Å². The average Bonchev–Trinajstić information content (AvgIpc) is 3.20. The molecular formula is C25H30ClN5O3. The van der Waals surface area contributed by atoms with Crippen molar-refractivity contribution in [2.75, 3.05) is 6.54 Å². The molecule has 1 N–H and O–H groups in total. The van der Waals surface area contributed by atoms with Gasteiger partial charge in [-0.1, -0.05) is 28.9 Å². The highest BCUT2D eigenvalue weighted by Gasteiger charge is 2.23. The van der Waals surface area contributed by atoms with Crippen molar-refractivity contribution >= 4 is 17.6 Å². The van der Waals surface area contributed by atoms with Crippen molar-refractivity contribution in [2.24, 2.45) is 0 Å². The molecule has 4 rings (SSSR count). The lowest BCUT2D eigenvalue weighted by Gasteiger charge is -2.23. The first-order valence-corrected chi connectivity index (χ1v) is 12.0. The van der Waals surface area contributed by atoms with Crippen LogP contribution >= 0.6 is 11.6 Å². The molecule has 0 saturated heterocycles. The Kier molecular flexibility index (Phi) is 7.80. The molecule has 0 radical (unpaired) electrons. The van der Waals surface area contributed by atoms with E-state index in [-0.39, 0.29) is 18.4 Å². The highest BCUT2D eigenvalue weighted by Crippen LogP contribution is 2.31. The molecule has 2 atom stereocenters. The van der Waals surface area contributed by atoms with Crippen molar-refractivity contribution < 1.29 is 14.6 Å². The van der Waals surface area contributed by atoms with Crippen molar-refractivity contribution in [3.05, 3.63) is 70.3 Å². The Hall–Kier alpha value is -2.97. The van der Waals surface area contributed by atoms with Gasteiger partial charge < -0.3 is 9.84 Å². The van der Waals surface area contributed by atoms with Crippen molar-refractivity contribution in [3.8, 4) is 5.75 Å². The van der Waals surface area contributed by atoms with Gasteiger partial charge >= 0.3 is 5.97 Å². The van der Waals surface area contributed by atoms with Gasteiger partial charge in [-0.3, -0.25) is 19.4 Å². The summed E-state index contributed by atoms with van der Waals surface area (Å²) in [7, 11) is 0. The minimum atomic E-state index is -0.820. The Morgan fingerprint density at radius 3 is 2.97 bits per heavy atom. The number of pyridine rings is 1. The van der Waals surface area contributed by atoms with Crippen molar-refractivity contribution in [1.82, 2.24) is 24.9 Å². The SMILES string of the molecule is CCn1cc(CCC(CC(=O)O)c2ccc(Cl)c(CN3Cc4ncccc4O[C@H](C)C3)c2)nn1. The smallest absolute Gasteiger partial charge is 0.303 e. The number of halogens is 1. The van der Waals surface area contributed by atoms with E-state index in [1.54, 1.807) is 10.9 Å². The summed E-state index contributed by atoms with van der Waals surface area (Å²) < 4.78 is 7.81. The normalized spacial score (nSPS) is 17.0. The summed E-state index contributed by atoms with van der Waals surface area (Å²) >= 11 is 6.58. The van der Waals surface area contributed by atoms with Crippen LogP contribution in [0.3, 0.4) is 0 Å². The van der Waals surface area contributed by atoms with Gasteiger partial charge in [-0.25, -0.2) is 0 Å². The zero-order valence-electron chi connectivity index (χ0n) is 19.5. The highest BCUT2D eigenvalue weighted by molar-refractivity contribution is 6.31. The molecule has 1 aliphatic heterocycles. The number of hydrogen-bond donors (Lipinski definition) is 1. The third kappa shape index (κ3) is 6.12. The summed E-state index contributed by atoms with van der Waals surface area (Å²) in [6, 6.07) is 9.69.